The summed E-state index contributed by atoms with van der Waals surface area (Å²) >= 11 is 0. The third-order valence-corrected chi connectivity index (χ3v) is 3.28. The molecule has 2 heterocycles. The number of hydrogen-bond acceptors (Lipinski definition) is 3. The molecular formula is C17H15N3. The number of nitrogens with zero attached hydrogens (tertiary/aromatic N) is 2. The van der Waals surface area contributed by atoms with Gasteiger partial charge in [-0.25, -0.2) is 4.98 Å². The summed E-state index contributed by atoms with van der Waals surface area (Å²) in [6.07, 6.45) is 3.64. The molecule has 2 aromatic heterocycles. The SMILES string of the molecule is Cc1ccc(-c2cccnc2)cc1-c1cccc(N)n1. The molecule has 1 aromatic carbocycles. The lowest BCUT2D eigenvalue weighted by molar-refractivity contribution is 1.30. The summed E-state index contributed by atoms with van der Waals surface area (Å²) in [5, 5.41) is 0. The average molecular weight is 261 g/mol. The first-order valence-corrected chi connectivity index (χ1v) is 6.48. The Morgan fingerprint density at radius 1 is 0.950 bits per heavy atom. The maximum Gasteiger partial charge on any atom is 0.124 e. The second kappa shape index (κ2) is 5.13. The van der Waals surface area contributed by atoms with E-state index in [0.717, 1.165) is 22.4 Å². The Morgan fingerprint density at radius 2 is 1.85 bits per heavy atom. The van der Waals surface area contributed by atoms with Crippen molar-refractivity contribution in [2.75, 3.05) is 5.73 Å². The molecule has 2 N–H and O–H groups in total. The van der Waals surface area contributed by atoms with Gasteiger partial charge in [0.25, 0.3) is 0 Å². The number of hydrogen-bond donors (Lipinski definition) is 1. The number of nitrogen functional groups attached to an aromatic ring is 1. The second-order valence-corrected chi connectivity index (χ2v) is 4.72. The van der Waals surface area contributed by atoms with Crippen LogP contribution in [0.15, 0.2) is 60.9 Å². The molecule has 0 bridgehead atoms. The number of benzene rings is 1. The lowest BCUT2D eigenvalue weighted by Crippen LogP contribution is -1.93. The molecule has 0 atom stereocenters. The van der Waals surface area contributed by atoms with Gasteiger partial charge >= 0.3 is 0 Å². The van der Waals surface area contributed by atoms with Gasteiger partial charge in [0.05, 0.1) is 5.69 Å². The number of aryl methyl sites for hydroxylation is 1. The van der Waals surface area contributed by atoms with Crippen LogP contribution in [-0.2, 0) is 0 Å². The molecule has 3 nitrogen and oxygen atoms in total. The first kappa shape index (κ1) is 12.4. The Hall–Kier alpha value is -2.68. The van der Waals surface area contributed by atoms with Crippen LogP contribution in [0.25, 0.3) is 22.4 Å². The van der Waals surface area contributed by atoms with E-state index in [4.69, 9.17) is 5.73 Å². The zero-order valence-electron chi connectivity index (χ0n) is 11.2. The molecule has 0 saturated heterocycles. The summed E-state index contributed by atoms with van der Waals surface area (Å²) in [4.78, 5) is 8.57. The van der Waals surface area contributed by atoms with Crippen molar-refractivity contribution >= 4 is 5.82 Å². The van der Waals surface area contributed by atoms with Gasteiger partial charge in [0.2, 0.25) is 0 Å². The molecule has 0 spiro atoms. The van der Waals surface area contributed by atoms with Gasteiger partial charge < -0.3 is 5.73 Å². The highest BCUT2D eigenvalue weighted by Gasteiger charge is 2.06. The van der Waals surface area contributed by atoms with Crippen molar-refractivity contribution in [2.24, 2.45) is 0 Å². The maximum absolute atomic E-state index is 5.77. The van der Waals surface area contributed by atoms with Crippen LogP contribution in [0.3, 0.4) is 0 Å². The highest BCUT2D eigenvalue weighted by molar-refractivity contribution is 5.73. The number of aromatic nitrogens is 2. The molecule has 0 aliphatic heterocycles. The number of rotatable bonds is 2. The summed E-state index contributed by atoms with van der Waals surface area (Å²) in [7, 11) is 0. The van der Waals surface area contributed by atoms with Crippen molar-refractivity contribution in [1.29, 1.82) is 0 Å². The molecule has 98 valence electrons. The van der Waals surface area contributed by atoms with Gasteiger partial charge in [0.1, 0.15) is 5.82 Å². The third-order valence-electron chi connectivity index (χ3n) is 3.28. The summed E-state index contributed by atoms with van der Waals surface area (Å²) in [6, 6.07) is 16.0. The molecule has 0 aliphatic rings. The minimum Gasteiger partial charge on any atom is -0.384 e. The minimum absolute atomic E-state index is 0.536. The van der Waals surface area contributed by atoms with E-state index in [9.17, 15) is 0 Å². The molecule has 3 aromatic rings. The Kier molecular flexibility index (Phi) is 3.17. The monoisotopic (exact) mass is 261 g/mol. The average Bonchev–Trinajstić information content (AvgIpc) is 2.48. The van der Waals surface area contributed by atoms with Crippen LogP contribution in [-0.4, -0.2) is 9.97 Å². The maximum atomic E-state index is 5.77. The Labute approximate surface area is 118 Å². The number of nitrogens with two attached hydrogens (primary N) is 1. The van der Waals surface area contributed by atoms with Crippen molar-refractivity contribution in [2.45, 2.75) is 6.92 Å². The summed E-state index contributed by atoms with van der Waals surface area (Å²) < 4.78 is 0. The normalized spacial score (nSPS) is 10.4. The molecule has 0 radical (unpaired) electrons. The van der Waals surface area contributed by atoms with E-state index in [0.29, 0.717) is 5.82 Å². The number of pyridine rings is 2. The summed E-state index contributed by atoms with van der Waals surface area (Å²) in [5.41, 5.74) is 11.2. The van der Waals surface area contributed by atoms with Crippen molar-refractivity contribution in [1.82, 2.24) is 9.97 Å². The fraction of sp³-hybridized carbons (Fsp3) is 0.0588. The molecular weight excluding hydrogens is 246 g/mol. The molecule has 20 heavy (non-hydrogen) atoms. The minimum atomic E-state index is 0.536. The number of anilines is 1. The van der Waals surface area contributed by atoms with Crippen molar-refractivity contribution in [3.05, 3.63) is 66.5 Å². The standard InChI is InChI=1S/C17H15N3/c1-12-7-8-13(14-4-3-9-19-11-14)10-15(12)16-5-2-6-17(18)20-16/h2-11H,1H3,(H2,18,20). The van der Waals surface area contributed by atoms with E-state index in [1.165, 1.54) is 5.56 Å². The van der Waals surface area contributed by atoms with Crippen molar-refractivity contribution in [3.63, 3.8) is 0 Å². The van der Waals surface area contributed by atoms with Crippen LogP contribution >= 0.6 is 0 Å². The molecule has 0 saturated carbocycles. The second-order valence-electron chi connectivity index (χ2n) is 4.72. The third kappa shape index (κ3) is 2.38. The largest absolute Gasteiger partial charge is 0.384 e. The summed E-state index contributed by atoms with van der Waals surface area (Å²) in [6.45, 7) is 2.08. The molecule has 0 aliphatic carbocycles. The zero-order valence-corrected chi connectivity index (χ0v) is 11.2. The lowest BCUT2D eigenvalue weighted by atomic mass is 9.98. The van der Waals surface area contributed by atoms with E-state index < -0.39 is 0 Å². The fourth-order valence-electron chi connectivity index (χ4n) is 2.21. The first-order chi connectivity index (χ1) is 9.74. The van der Waals surface area contributed by atoms with Crippen LogP contribution in [0.5, 0.6) is 0 Å². The quantitative estimate of drug-likeness (QED) is 0.765. The highest BCUT2D eigenvalue weighted by atomic mass is 14.8. The Morgan fingerprint density at radius 3 is 2.60 bits per heavy atom. The molecule has 0 amide bonds. The van der Waals surface area contributed by atoms with Crippen LogP contribution in [0, 0.1) is 6.92 Å². The van der Waals surface area contributed by atoms with Gasteiger partial charge in [-0.1, -0.05) is 24.3 Å². The van der Waals surface area contributed by atoms with Crippen LogP contribution in [0.2, 0.25) is 0 Å². The van der Waals surface area contributed by atoms with Crippen molar-refractivity contribution in [3.8, 4) is 22.4 Å². The van der Waals surface area contributed by atoms with Gasteiger partial charge in [0.15, 0.2) is 0 Å². The van der Waals surface area contributed by atoms with Gasteiger partial charge in [-0.3, -0.25) is 4.98 Å². The van der Waals surface area contributed by atoms with E-state index in [2.05, 4.69) is 35.1 Å². The predicted molar refractivity (Wildman–Crippen MR) is 82.1 cm³/mol. The van der Waals surface area contributed by atoms with Gasteiger partial charge in [-0.15, -0.1) is 0 Å². The summed E-state index contributed by atoms with van der Waals surface area (Å²) in [5.74, 6) is 0.536. The molecule has 0 unspecified atom stereocenters. The van der Waals surface area contributed by atoms with E-state index in [-0.39, 0.29) is 0 Å². The van der Waals surface area contributed by atoms with Gasteiger partial charge in [0, 0.05) is 23.5 Å². The van der Waals surface area contributed by atoms with Crippen LogP contribution in [0.4, 0.5) is 5.82 Å². The van der Waals surface area contributed by atoms with Crippen LogP contribution < -0.4 is 5.73 Å². The molecule has 0 fully saturated rings. The van der Waals surface area contributed by atoms with E-state index >= 15 is 0 Å². The van der Waals surface area contributed by atoms with Gasteiger partial charge in [-0.05, 0) is 42.3 Å². The topological polar surface area (TPSA) is 51.8 Å². The Bertz CT molecular complexity index is 736. The van der Waals surface area contributed by atoms with Gasteiger partial charge in [-0.2, -0.15) is 0 Å². The molecule has 3 heteroatoms. The van der Waals surface area contributed by atoms with Crippen LogP contribution in [0.1, 0.15) is 5.56 Å². The fourth-order valence-corrected chi connectivity index (χ4v) is 2.21. The lowest BCUT2D eigenvalue weighted by Gasteiger charge is -2.09. The molecule has 3 rings (SSSR count). The highest BCUT2D eigenvalue weighted by Crippen LogP contribution is 2.28. The smallest absolute Gasteiger partial charge is 0.124 e. The van der Waals surface area contributed by atoms with Crippen molar-refractivity contribution < 1.29 is 0 Å². The first-order valence-electron chi connectivity index (χ1n) is 6.48. The van der Waals surface area contributed by atoms with E-state index in [1.54, 1.807) is 12.3 Å². The Balaban J connectivity index is 2.12. The zero-order chi connectivity index (χ0) is 13.9. The van der Waals surface area contributed by atoms with E-state index in [1.807, 2.05) is 30.5 Å². The predicted octanol–water partition coefficient (Wildman–Crippen LogP) is 3.70.